The molecule has 0 saturated heterocycles. The summed E-state index contributed by atoms with van der Waals surface area (Å²) in [5.74, 6) is 0. The average Bonchev–Trinajstić information content (AvgIpc) is 1.85. The van der Waals surface area contributed by atoms with E-state index in [9.17, 15) is 0 Å². The van der Waals surface area contributed by atoms with Gasteiger partial charge >= 0.3 is 0 Å². The molecule has 4 heteroatoms. The summed E-state index contributed by atoms with van der Waals surface area (Å²) in [4.78, 5) is 0. The molecule has 0 atom stereocenters. The first-order chi connectivity index (χ1) is 3.70. The van der Waals surface area contributed by atoms with Crippen LogP contribution in [0.2, 0.25) is 13.7 Å². The summed E-state index contributed by atoms with van der Waals surface area (Å²) in [6.45, 7) is 0. The highest BCUT2D eigenvalue weighted by Crippen LogP contribution is 2.34. The topological polar surface area (TPSA) is 0 Å². The van der Waals surface area contributed by atoms with E-state index in [1.807, 2.05) is 0 Å². The van der Waals surface area contributed by atoms with Crippen molar-refractivity contribution in [3.63, 3.8) is 0 Å². The van der Waals surface area contributed by atoms with Gasteiger partial charge < -0.3 is 0 Å². The molecule has 1 aromatic rings. The van der Waals surface area contributed by atoms with Crippen LogP contribution in [-0.2, 0) is 0 Å². The zero-order valence-corrected chi connectivity index (χ0v) is 6.70. The second kappa shape index (κ2) is 2.44. The van der Waals surface area contributed by atoms with Crippen molar-refractivity contribution in [2.24, 2.45) is 0 Å². The smallest absolute Gasteiger partial charge is 0.110 e. The first-order valence-electron chi connectivity index (χ1n) is 1.80. The summed E-state index contributed by atoms with van der Waals surface area (Å²) in [5, 5.41) is 0.529. The van der Waals surface area contributed by atoms with Gasteiger partial charge in [-0.05, 0) is 6.07 Å². The summed E-state index contributed by atoms with van der Waals surface area (Å²) < 4.78 is 1.18. The SMILES string of the molecule is Clc1cc(Cl)c(Cl)s1. The molecule has 0 N–H and O–H groups in total. The minimum absolute atomic E-state index is 0.529. The molecule has 0 spiro atoms. The molecule has 44 valence electrons. The molecule has 0 fully saturated rings. The van der Waals surface area contributed by atoms with Crippen molar-refractivity contribution in [3.05, 3.63) is 19.8 Å². The molecule has 0 nitrogen and oxygen atoms in total. The zero-order valence-electron chi connectivity index (χ0n) is 3.62. The lowest BCUT2D eigenvalue weighted by Gasteiger charge is -1.73. The normalized spacial score (nSPS) is 9.88. The second-order valence-electron chi connectivity index (χ2n) is 1.17. The zero-order chi connectivity index (χ0) is 6.15. The number of hydrogen-bond donors (Lipinski definition) is 0. The Bertz CT molecular complexity index is 174. The van der Waals surface area contributed by atoms with Crippen LogP contribution in [0, 0.1) is 0 Å². The summed E-state index contributed by atoms with van der Waals surface area (Å²) in [5.41, 5.74) is 0. The number of thiophene rings is 1. The van der Waals surface area contributed by atoms with Crippen LogP contribution in [0.3, 0.4) is 0 Å². The standard InChI is InChI=1S/C4HCl3S/c5-2-1-3(6)8-4(2)7/h1H. The maximum Gasteiger partial charge on any atom is 0.113 e. The minimum atomic E-state index is 0.529. The van der Waals surface area contributed by atoms with E-state index in [1.165, 1.54) is 11.3 Å². The molecule has 1 heterocycles. The lowest BCUT2D eigenvalue weighted by atomic mass is 10.7. The summed E-state index contributed by atoms with van der Waals surface area (Å²) in [6.07, 6.45) is 0. The molecule has 0 aliphatic rings. The van der Waals surface area contributed by atoms with E-state index >= 15 is 0 Å². The Labute approximate surface area is 66.0 Å². The maximum absolute atomic E-state index is 5.53. The molecular weight excluding hydrogens is 186 g/mol. The van der Waals surface area contributed by atoms with Crippen molar-refractivity contribution < 1.29 is 0 Å². The highest BCUT2D eigenvalue weighted by Gasteiger charge is 2.00. The Hall–Kier alpha value is 0.570. The van der Waals surface area contributed by atoms with Crippen LogP contribution in [0.4, 0.5) is 0 Å². The molecule has 0 unspecified atom stereocenters. The van der Waals surface area contributed by atoms with E-state index in [-0.39, 0.29) is 0 Å². The molecule has 0 amide bonds. The Kier molecular flexibility index (Phi) is 2.04. The van der Waals surface area contributed by atoms with Gasteiger partial charge in [0.25, 0.3) is 0 Å². The van der Waals surface area contributed by atoms with Gasteiger partial charge in [0.2, 0.25) is 0 Å². The van der Waals surface area contributed by atoms with Crippen molar-refractivity contribution in [1.82, 2.24) is 0 Å². The largest absolute Gasteiger partial charge is 0.113 e. The van der Waals surface area contributed by atoms with Crippen molar-refractivity contribution in [3.8, 4) is 0 Å². The number of halogens is 3. The van der Waals surface area contributed by atoms with Gasteiger partial charge in [0.05, 0.1) is 9.36 Å². The van der Waals surface area contributed by atoms with Crippen LogP contribution >= 0.6 is 46.1 Å². The van der Waals surface area contributed by atoms with E-state index in [4.69, 9.17) is 34.8 Å². The van der Waals surface area contributed by atoms with Crippen LogP contribution in [-0.4, -0.2) is 0 Å². The third-order valence-electron chi connectivity index (χ3n) is 0.615. The van der Waals surface area contributed by atoms with Gasteiger partial charge in [-0.1, -0.05) is 34.8 Å². The lowest BCUT2D eigenvalue weighted by molar-refractivity contribution is 2.00. The molecule has 0 aliphatic carbocycles. The van der Waals surface area contributed by atoms with Crippen LogP contribution in [0.25, 0.3) is 0 Å². The van der Waals surface area contributed by atoms with Gasteiger partial charge in [0.1, 0.15) is 4.34 Å². The fourth-order valence-corrected chi connectivity index (χ4v) is 1.93. The Morgan fingerprint density at radius 1 is 1.25 bits per heavy atom. The molecule has 0 bridgehead atoms. The van der Waals surface area contributed by atoms with E-state index < -0.39 is 0 Å². The lowest BCUT2D eigenvalue weighted by Crippen LogP contribution is -1.44. The van der Waals surface area contributed by atoms with Crippen molar-refractivity contribution in [2.45, 2.75) is 0 Å². The molecule has 1 aromatic heterocycles. The first kappa shape index (κ1) is 6.69. The maximum atomic E-state index is 5.53. The van der Waals surface area contributed by atoms with Gasteiger partial charge in [-0.25, -0.2) is 0 Å². The Balaban J connectivity index is 3.14. The average molecular weight is 187 g/mol. The summed E-state index contributed by atoms with van der Waals surface area (Å²) >= 11 is 17.8. The highest BCUT2D eigenvalue weighted by atomic mass is 35.5. The van der Waals surface area contributed by atoms with Crippen LogP contribution < -0.4 is 0 Å². The van der Waals surface area contributed by atoms with E-state index in [0.29, 0.717) is 13.7 Å². The monoisotopic (exact) mass is 186 g/mol. The molecular formula is C4HCl3S. The van der Waals surface area contributed by atoms with Crippen LogP contribution in [0.5, 0.6) is 0 Å². The molecule has 0 saturated carbocycles. The van der Waals surface area contributed by atoms with Crippen LogP contribution in [0.15, 0.2) is 6.07 Å². The van der Waals surface area contributed by atoms with Gasteiger partial charge in [-0.2, -0.15) is 0 Å². The van der Waals surface area contributed by atoms with Gasteiger partial charge in [0.15, 0.2) is 0 Å². The fraction of sp³-hybridized carbons (Fsp3) is 0. The van der Waals surface area contributed by atoms with Crippen LogP contribution in [0.1, 0.15) is 0 Å². The first-order valence-corrected chi connectivity index (χ1v) is 3.75. The van der Waals surface area contributed by atoms with Crippen molar-refractivity contribution >= 4 is 46.1 Å². The summed E-state index contributed by atoms with van der Waals surface area (Å²) in [6, 6.07) is 1.62. The van der Waals surface area contributed by atoms with E-state index in [2.05, 4.69) is 0 Å². The molecule has 8 heavy (non-hydrogen) atoms. The van der Waals surface area contributed by atoms with Crippen molar-refractivity contribution in [2.75, 3.05) is 0 Å². The predicted molar refractivity (Wildman–Crippen MR) is 39.3 cm³/mol. The number of hydrogen-bond acceptors (Lipinski definition) is 1. The van der Waals surface area contributed by atoms with Gasteiger partial charge in [-0.3, -0.25) is 0 Å². The molecule has 1 rings (SSSR count). The van der Waals surface area contributed by atoms with E-state index in [1.54, 1.807) is 6.07 Å². The Morgan fingerprint density at radius 2 is 1.88 bits per heavy atom. The third kappa shape index (κ3) is 1.29. The third-order valence-corrected chi connectivity index (χ3v) is 2.61. The predicted octanol–water partition coefficient (Wildman–Crippen LogP) is 3.71. The van der Waals surface area contributed by atoms with Crippen molar-refractivity contribution in [1.29, 1.82) is 0 Å². The Morgan fingerprint density at radius 3 is 2.00 bits per heavy atom. The molecule has 0 radical (unpaired) electrons. The molecule has 0 aliphatic heterocycles. The quantitative estimate of drug-likeness (QED) is 0.581. The van der Waals surface area contributed by atoms with Gasteiger partial charge in [-0.15, -0.1) is 11.3 Å². The fourth-order valence-electron chi connectivity index (χ4n) is 0.320. The van der Waals surface area contributed by atoms with E-state index in [0.717, 1.165) is 0 Å². The second-order valence-corrected chi connectivity index (χ2v) is 3.86. The minimum Gasteiger partial charge on any atom is -0.110 e. The van der Waals surface area contributed by atoms with Gasteiger partial charge in [0, 0.05) is 0 Å². The molecule has 0 aromatic carbocycles. The number of rotatable bonds is 0. The highest BCUT2D eigenvalue weighted by molar-refractivity contribution is 7.20. The summed E-state index contributed by atoms with van der Waals surface area (Å²) in [7, 11) is 0.